The van der Waals surface area contributed by atoms with E-state index in [2.05, 4.69) is 26.3 Å². The third-order valence-electron chi connectivity index (χ3n) is 6.56. The molecule has 200 valence electrons. The summed E-state index contributed by atoms with van der Waals surface area (Å²) in [5.41, 5.74) is 0.773. The molecule has 38 heavy (non-hydrogen) atoms. The lowest BCUT2D eigenvalue weighted by Crippen LogP contribution is -2.65. The van der Waals surface area contributed by atoms with Crippen LogP contribution in [-0.4, -0.2) is 53.9 Å². The standard InChI is InChI=1S/C28H32ClN5O4/c1-18-17-28(12-13-30-18,27(37)32-15-14-31-25(36)20-8-10-22(29)11-9-20)34-24(35)16-23-19(2)38-26(33-23)21-6-4-3-5-7-21/h3-11,18,30H,12-17H2,1-2H3,(H,31,36)(H,32,37)(H,34,35). The van der Waals surface area contributed by atoms with Gasteiger partial charge in [-0.05, 0) is 69.6 Å². The number of carbonyl (C=O) groups excluding carboxylic acids is 3. The number of amides is 3. The molecule has 3 aromatic rings. The lowest BCUT2D eigenvalue weighted by atomic mass is 9.83. The second-order valence-corrected chi connectivity index (χ2v) is 9.96. The van der Waals surface area contributed by atoms with Gasteiger partial charge in [-0.15, -0.1) is 0 Å². The Morgan fingerprint density at radius 1 is 1.08 bits per heavy atom. The summed E-state index contributed by atoms with van der Waals surface area (Å²) in [6.07, 6.45) is 0.879. The van der Waals surface area contributed by atoms with Crippen LogP contribution in [0.5, 0.6) is 0 Å². The summed E-state index contributed by atoms with van der Waals surface area (Å²) < 4.78 is 5.78. The van der Waals surface area contributed by atoms with Gasteiger partial charge in [0.1, 0.15) is 11.3 Å². The van der Waals surface area contributed by atoms with E-state index in [0.29, 0.717) is 47.3 Å². The number of aromatic nitrogens is 1. The van der Waals surface area contributed by atoms with Gasteiger partial charge in [-0.3, -0.25) is 14.4 Å². The van der Waals surface area contributed by atoms with E-state index < -0.39 is 5.54 Å². The monoisotopic (exact) mass is 537 g/mol. The predicted molar refractivity (Wildman–Crippen MR) is 145 cm³/mol. The van der Waals surface area contributed by atoms with E-state index in [-0.39, 0.29) is 43.3 Å². The highest BCUT2D eigenvalue weighted by Crippen LogP contribution is 2.24. The molecule has 2 aromatic carbocycles. The topological polar surface area (TPSA) is 125 Å². The number of rotatable bonds is 9. The average Bonchev–Trinajstić information content (AvgIpc) is 3.27. The Morgan fingerprint density at radius 2 is 1.79 bits per heavy atom. The summed E-state index contributed by atoms with van der Waals surface area (Å²) in [5.74, 6) is 0.178. The number of hydrogen-bond acceptors (Lipinski definition) is 6. The summed E-state index contributed by atoms with van der Waals surface area (Å²) in [4.78, 5) is 43.3. The highest BCUT2D eigenvalue weighted by atomic mass is 35.5. The molecule has 0 spiro atoms. The molecule has 2 atom stereocenters. The quantitative estimate of drug-likeness (QED) is 0.311. The number of aryl methyl sites for hydroxylation is 1. The molecule has 1 aliphatic rings. The van der Waals surface area contributed by atoms with Crippen molar-refractivity contribution in [1.82, 2.24) is 26.3 Å². The Bertz CT molecular complexity index is 1280. The minimum Gasteiger partial charge on any atom is -0.441 e. The van der Waals surface area contributed by atoms with Gasteiger partial charge in [-0.2, -0.15) is 0 Å². The van der Waals surface area contributed by atoms with Crippen molar-refractivity contribution in [1.29, 1.82) is 0 Å². The molecular weight excluding hydrogens is 506 g/mol. The summed E-state index contributed by atoms with van der Waals surface area (Å²) in [5, 5.41) is 12.5. The van der Waals surface area contributed by atoms with Crippen molar-refractivity contribution < 1.29 is 18.8 Å². The molecule has 9 nitrogen and oxygen atoms in total. The van der Waals surface area contributed by atoms with Crippen LogP contribution in [0.1, 0.15) is 41.6 Å². The van der Waals surface area contributed by atoms with Gasteiger partial charge in [0.2, 0.25) is 17.7 Å². The second-order valence-electron chi connectivity index (χ2n) is 9.52. The van der Waals surface area contributed by atoms with Gasteiger partial charge in [-0.1, -0.05) is 29.8 Å². The number of hydrogen-bond donors (Lipinski definition) is 4. The van der Waals surface area contributed by atoms with Crippen molar-refractivity contribution in [3.8, 4) is 11.5 Å². The first-order chi connectivity index (χ1) is 18.3. The lowest BCUT2D eigenvalue weighted by molar-refractivity contribution is -0.135. The maximum absolute atomic E-state index is 13.3. The summed E-state index contributed by atoms with van der Waals surface area (Å²) >= 11 is 5.87. The number of oxazole rings is 1. The Balaban J connectivity index is 1.36. The zero-order valence-corrected chi connectivity index (χ0v) is 22.2. The van der Waals surface area contributed by atoms with E-state index in [4.69, 9.17) is 16.0 Å². The number of nitrogens with zero attached hydrogens (tertiary/aromatic N) is 1. The van der Waals surface area contributed by atoms with E-state index >= 15 is 0 Å². The minimum absolute atomic E-state index is 0.00381. The fourth-order valence-corrected chi connectivity index (χ4v) is 4.72. The van der Waals surface area contributed by atoms with E-state index in [1.165, 1.54) is 0 Å². The Morgan fingerprint density at radius 3 is 2.50 bits per heavy atom. The van der Waals surface area contributed by atoms with Crippen LogP contribution < -0.4 is 21.3 Å². The zero-order chi connectivity index (χ0) is 27.1. The molecule has 2 unspecified atom stereocenters. The second kappa shape index (κ2) is 12.2. The molecule has 10 heteroatoms. The smallest absolute Gasteiger partial charge is 0.251 e. The zero-order valence-electron chi connectivity index (χ0n) is 21.5. The SMILES string of the molecule is Cc1oc(-c2ccccc2)nc1CC(=O)NC1(C(=O)NCCNC(=O)c2ccc(Cl)cc2)CCNC(C)C1. The predicted octanol–water partition coefficient (Wildman–Crippen LogP) is 3.02. The normalized spacial score (nSPS) is 19.0. The number of carbonyl (C=O) groups is 3. The van der Waals surface area contributed by atoms with Crippen molar-refractivity contribution in [2.24, 2.45) is 0 Å². The van der Waals surface area contributed by atoms with Crippen LogP contribution in [0.25, 0.3) is 11.5 Å². The highest BCUT2D eigenvalue weighted by molar-refractivity contribution is 6.30. The van der Waals surface area contributed by atoms with Crippen LogP contribution >= 0.6 is 11.6 Å². The first-order valence-electron chi connectivity index (χ1n) is 12.6. The van der Waals surface area contributed by atoms with Crippen molar-refractivity contribution in [3.05, 3.63) is 76.6 Å². The molecule has 4 rings (SSSR count). The van der Waals surface area contributed by atoms with Crippen molar-refractivity contribution in [2.75, 3.05) is 19.6 Å². The fraction of sp³-hybridized carbons (Fsp3) is 0.357. The molecule has 1 fully saturated rings. The van der Waals surface area contributed by atoms with Crippen molar-refractivity contribution in [2.45, 2.75) is 44.7 Å². The first kappa shape index (κ1) is 27.3. The molecule has 0 bridgehead atoms. The lowest BCUT2D eigenvalue weighted by Gasteiger charge is -2.39. The van der Waals surface area contributed by atoms with Gasteiger partial charge >= 0.3 is 0 Å². The summed E-state index contributed by atoms with van der Waals surface area (Å²) in [6, 6.07) is 16.1. The molecule has 4 N–H and O–H groups in total. The van der Waals surface area contributed by atoms with E-state index in [0.717, 1.165) is 5.56 Å². The average molecular weight is 538 g/mol. The molecule has 1 aromatic heterocycles. The maximum Gasteiger partial charge on any atom is 0.251 e. The van der Waals surface area contributed by atoms with Crippen LogP contribution in [0.3, 0.4) is 0 Å². The minimum atomic E-state index is -1.07. The van der Waals surface area contributed by atoms with E-state index in [1.807, 2.05) is 37.3 Å². The molecule has 0 radical (unpaired) electrons. The molecule has 2 heterocycles. The summed E-state index contributed by atoms with van der Waals surface area (Å²) in [6.45, 7) is 4.80. The molecule has 1 saturated heterocycles. The van der Waals surface area contributed by atoms with Crippen molar-refractivity contribution >= 4 is 29.3 Å². The van der Waals surface area contributed by atoms with Crippen LogP contribution in [0.2, 0.25) is 5.02 Å². The van der Waals surface area contributed by atoms with Crippen molar-refractivity contribution in [3.63, 3.8) is 0 Å². The van der Waals surface area contributed by atoms with Crippen LogP contribution in [0, 0.1) is 6.92 Å². The Hall–Kier alpha value is -3.69. The fourth-order valence-electron chi connectivity index (χ4n) is 4.59. The number of halogens is 1. The van der Waals surface area contributed by atoms with E-state index in [9.17, 15) is 14.4 Å². The van der Waals surface area contributed by atoms with Crippen LogP contribution in [0.15, 0.2) is 59.0 Å². The van der Waals surface area contributed by atoms with Gasteiger partial charge in [-0.25, -0.2) is 4.98 Å². The highest BCUT2D eigenvalue weighted by Gasteiger charge is 2.43. The van der Waals surface area contributed by atoms with Gasteiger partial charge in [0.25, 0.3) is 5.91 Å². The molecule has 1 aliphatic heterocycles. The number of benzene rings is 2. The number of nitrogens with one attached hydrogen (secondary N) is 4. The van der Waals surface area contributed by atoms with Gasteiger partial charge < -0.3 is 25.7 Å². The Kier molecular flexibility index (Phi) is 8.81. The Labute approximate surface area is 226 Å². The first-order valence-corrected chi connectivity index (χ1v) is 13.0. The van der Waals surface area contributed by atoms with Crippen LogP contribution in [-0.2, 0) is 16.0 Å². The van der Waals surface area contributed by atoms with E-state index in [1.54, 1.807) is 31.2 Å². The van der Waals surface area contributed by atoms with Gasteiger partial charge in [0.05, 0.1) is 12.1 Å². The third-order valence-corrected chi connectivity index (χ3v) is 6.81. The van der Waals surface area contributed by atoms with Gasteiger partial charge in [0, 0.05) is 35.3 Å². The largest absolute Gasteiger partial charge is 0.441 e. The number of piperidine rings is 1. The molecule has 0 saturated carbocycles. The molecule has 3 amide bonds. The summed E-state index contributed by atoms with van der Waals surface area (Å²) in [7, 11) is 0. The molecular formula is C28H32ClN5O4. The van der Waals surface area contributed by atoms with Crippen LogP contribution in [0.4, 0.5) is 0 Å². The third kappa shape index (κ3) is 6.79. The maximum atomic E-state index is 13.3. The van der Waals surface area contributed by atoms with Gasteiger partial charge in [0.15, 0.2) is 0 Å². The molecule has 0 aliphatic carbocycles.